The molecule has 0 spiro atoms. The van der Waals surface area contributed by atoms with Gasteiger partial charge >= 0.3 is 0 Å². The Morgan fingerprint density at radius 3 is 2.68 bits per heavy atom. The minimum Gasteiger partial charge on any atom is -0.487 e. The molecule has 100 valence electrons. The lowest BCUT2D eigenvalue weighted by atomic mass is 10.0. The minimum atomic E-state index is 0.479. The maximum Gasteiger partial charge on any atom is 0.130 e. The highest BCUT2D eigenvalue weighted by Crippen LogP contribution is 2.20. The van der Waals surface area contributed by atoms with Gasteiger partial charge in [-0.25, -0.2) is 0 Å². The van der Waals surface area contributed by atoms with E-state index in [2.05, 4.69) is 31.0 Å². The van der Waals surface area contributed by atoms with Gasteiger partial charge in [0.15, 0.2) is 0 Å². The topological polar surface area (TPSA) is 48.1 Å². The summed E-state index contributed by atoms with van der Waals surface area (Å²) in [4.78, 5) is 4.32. The number of aromatic nitrogens is 1. The standard InChI is InChI=1S/C16H20N2O/c1-12(2)14-4-3-5-16(8-14)19-11-15-7-6-13(9-17)10-18-15/h3-8,10,12H,9,11,17H2,1-2H3. The first kappa shape index (κ1) is 13.6. The molecule has 1 aromatic heterocycles. The van der Waals surface area contributed by atoms with Crippen LogP contribution in [0.2, 0.25) is 0 Å². The van der Waals surface area contributed by atoms with Gasteiger partial charge in [-0.15, -0.1) is 0 Å². The fourth-order valence-corrected chi connectivity index (χ4v) is 1.78. The van der Waals surface area contributed by atoms with Crippen LogP contribution in [0.15, 0.2) is 42.6 Å². The first-order chi connectivity index (χ1) is 9.19. The molecule has 1 heterocycles. The molecule has 0 unspecified atom stereocenters. The Morgan fingerprint density at radius 1 is 1.21 bits per heavy atom. The highest BCUT2D eigenvalue weighted by atomic mass is 16.5. The van der Waals surface area contributed by atoms with Crippen LogP contribution in [0.5, 0.6) is 5.75 Å². The summed E-state index contributed by atoms with van der Waals surface area (Å²) in [5, 5.41) is 0. The Bertz CT molecular complexity index is 521. The summed E-state index contributed by atoms with van der Waals surface area (Å²) >= 11 is 0. The predicted octanol–water partition coefficient (Wildman–Crippen LogP) is 3.24. The van der Waals surface area contributed by atoms with Crippen molar-refractivity contribution in [1.29, 1.82) is 0 Å². The highest BCUT2D eigenvalue weighted by molar-refractivity contribution is 5.30. The summed E-state index contributed by atoms with van der Waals surface area (Å²) < 4.78 is 5.76. The quantitative estimate of drug-likeness (QED) is 0.893. The van der Waals surface area contributed by atoms with Gasteiger partial charge in [0.25, 0.3) is 0 Å². The molecule has 0 aliphatic heterocycles. The summed E-state index contributed by atoms with van der Waals surface area (Å²) in [5.41, 5.74) is 8.76. The molecular weight excluding hydrogens is 236 g/mol. The van der Waals surface area contributed by atoms with Gasteiger partial charge in [0.1, 0.15) is 12.4 Å². The molecule has 0 amide bonds. The number of nitrogens with two attached hydrogens (primary N) is 1. The van der Waals surface area contributed by atoms with Crippen molar-refractivity contribution >= 4 is 0 Å². The van der Waals surface area contributed by atoms with Crippen LogP contribution < -0.4 is 10.5 Å². The molecule has 0 bridgehead atoms. The molecule has 0 saturated heterocycles. The number of hydrogen-bond donors (Lipinski definition) is 1. The van der Waals surface area contributed by atoms with Crippen molar-refractivity contribution < 1.29 is 4.74 Å². The Kier molecular flexibility index (Phi) is 4.53. The third-order valence-electron chi connectivity index (χ3n) is 3.03. The number of benzene rings is 1. The summed E-state index contributed by atoms with van der Waals surface area (Å²) in [6.45, 7) is 5.34. The first-order valence-corrected chi connectivity index (χ1v) is 6.55. The maximum atomic E-state index is 5.76. The molecule has 0 saturated carbocycles. The van der Waals surface area contributed by atoms with Crippen molar-refractivity contribution in [2.24, 2.45) is 5.73 Å². The third-order valence-corrected chi connectivity index (χ3v) is 3.03. The van der Waals surface area contributed by atoms with Crippen LogP contribution in [-0.2, 0) is 13.2 Å². The highest BCUT2D eigenvalue weighted by Gasteiger charge is 2.02. The van der Waals surface area contributed by atoms with Crippen LogP contribution in [0.4, 0.5) is 0 Å². The van der Waals surface area contributed by atoms with Crippen molar-refractivity contribution in [1.82, 2.24) is 4.98 Å². The van der Waals surface area contributed by atoms with Crippen LogP contribution in [0, 0.1) is 0 Å². The van der Waals surface area contributed by atoms with Gasteiger partial charge in [0.2, 0.25) is 0 Å². The summed E-state index contributed by atoms with van der Waals surface area (Å²) in [6.07, 6.45) is 1.79. The van der Waals surface area contributed by atoms with E-state index in [0.29, 0.717) is 19.1 Å². The van der Waals surface area contributed by atoms with Gasteiger partial charge in [-0.2, -0.15) is 0 Å². The van der Waals surface area contributed by atoms with E-state index in [1.807, 2.05) is 24.3 Å². The fraction of sp³-hybridized carbons (Fsp3) is 0.312. The van der Waals surface area contributed by atoms with Crippen LogP contribution in [0.3, 0.4) is 0 Å². The molecule has 3 nitrogen and oxygen atoms in total. The van der Waals surface area contributed by atoms with E-state index in [-0.39, 0.29) is 0 Å². The molecule has 0 fully saturated rings. The molecule has 1 aromatic carbocycles. The lowest BCUT2D eigenvalue weighted by Gasteiger charge is -2.10. The fourth-order valence-electron chi connectivity index (χ4n) is 1.78. The SMILES string of the molecule is CC(C)c1cccc(OCc2ccc(CN)cn2)c1. The lowest BCUT2D eigenvalue weighted by Crippen LogP contribution is -2.01. The van der Waals surface area contributed by atoms with Crippen molar-refractivity contribution in [2.75, 3.05) is 0 Å². The number of rotatable bonds is 5. The smallest absolute Gasteiger partial charge is 0.130 e. The molecular formula is C16H20N2O. The molecule has 2 aromatic rings. The van der Waals surface area contributed by atoms with Crippen LogP contribution in [0.25, 0.3) is 0 Å². The molecule has 0 aliphatic carbocycles. The van der Waals surface area contributed by atoms with E-state index in [0.717, 1.165) is 17.0 Å². The number of nitrogens with zero attached hydrogens (tertiary/aromatic N) is 1. The van der Waals surface area contributed by atoms with Gasteiger partial charge < -0.3 is 10.5 Å². The molecule has 0 aliphatic rings. The van der Waals surface area contributed by atoms with Gasteiger partial charge in [-0.1, -0.05) is 32.0 Å². The van der Waals surface area contributed by atoms with Crippen molar-refractivity contribution in [2.45, 2.75) is 32.9 Å². The zero-order valence-electron chi connectivity index (χ0n) is 11.5. The zero-order chi connectivity index (χ0) is 13.7. The second kappa shape index (κ2) is 6.34. The summed E-state index contributed by atoms with van der Waals surface area (Å²) in [6, 6.07) is 12.1. The Hall–Kier alpha value is -1.87. The Morgan fingerprint density at radius 2 is 2.05 bits per heavy atom. The zero-order valence-corrected chi connectivity index (χ0v) is 11.5. The van der Waals surface area contributed by atoms with Crippen molar-refractivity contribution in [3.8, 4) is 5.75 Å². The molecule has 2 rings (SSSR count). The molecule has 2 N–H and O–H groups in total. The summed E-state index contributed by atoms with van der Waals surface area (Å²) in [5.74, 6) is 1.39. The van der Waals surface area contributed by atoms with Gasteiger partial charge in [-0.3, -0.25) is 4.98 Å². The lowest BCUT2D eigenvalue weighted by molar-refractivity contribution is 0.301. The van der Waals surface area contributed by atoms with E-state index in [4.69, 9.17) is 10.5 Å². The van der Waals surface area contributed by atoms with E-state index >= 15 is 0 Å². The average molecular weight is 256 g/mol. The van der Waals surface area contributed by atoms with Crippen molar-refractivity contribution in [3.63, 3.8) is 0 Å². The Balaban J connectivity index is 1.99. The number of pyridine rings is 1. The van der Waals surface area contributed by atoms with E-state index < -0.39 is 0 Å². The Labute approximate surface area is 114 Å². The molecule has 3 heteroatoms. The summed E-state index contributed by atoms with van der Waals surface area (Å²) in [7, 11) is 0. The van der Waals surface area contributed by atoms with Gasteiger partial charge in [-0.05, 0) is 35.2 Å². The molecule has 0 atom stereocenters. The van der Waals surface area contributed by atoms with Crippen molar-refractivity contribution in [3.05, 3.63) is 59.4 Å². The minimum absolute atomic E-state index is 0.479. The van der Waals surface area contributed by atoms with E-state index in [1.54, 1.807) is 6.20 Å². The van der Waals surface area contributed by atoms with Gasteiger partial charge in [0, 0.05) is 12.7 Å². The average Bonchev–Trinajstić information content (AvgIpc) is 2.46. The molecule has 19 heavy (non-hydrogen) atoms. The molecule has 0 radical (unpaired) electrons. The monoisotopic (exact) mass is 256 g/mol. The first-order valence-electron chi connectivity index (χ1n) is 6.55. The largest absolute Gasteiger partial charge is 0.487 e. The van der Waals surface area contributed by atoms with Crippen LogP contribution in [0.1, 0.15) is 36.6 Å². The van der Waals surface area contributed by atoms with E-state index in [9.17, 15) is 0 Å². The second-order valence-corrected chi connectivity index (χ2v) is 4.88. The maximum absolute atomic E-state index is 5.76. The number of ether oxygens (including phenoxy) is 1. The van der Waals surface area contributed by atoms with Crippen LogP contribution in [-0.4, -0.2) is 4.98 Å². The van der Waals surface area contributed by atoms with Crippen LogP contribution >= 0.6 is 0 Å². The van der Waals surface area contributed by atoms with E-state index in [1.165, 1.54) is 5.56 Å². The third kappa shape index (κ3) is 3.80. The number of hydrogen-bond acceptors (Lipinski definition) is 3. The second-order valence-electron chi connectivity index (χ2n) is 4.88. The normalized spacial score (nSPS) is 10.7. The van der Waals surface area contributed by atoms with Gasteiger partial charge in [0.05, 0.1) is 5.69 Å². The predicted molar refractivity (Wildman–Crippen MR) is 77.0 cm³/mol.